The summed E-state index contributed by atoms with van der Waals surface area (Å²) in [6.45, 7) is 1.39. The molecule has 0 spiro atoms. The smallest absolute Gasteiger partial charge is 0.308 e. The molecule has 0 saturated heterocycles. The van der Waals surface area contributed by atoms with Gasteiger partial charge in [-0.1, -0.05) is 0 Å². The molecule has 5 heteroatoms. The maximum Gasteiger partial charge on any atom is 0.308 e. The summed E-state index contributed by atoms with van der Waals surface area (Å²) in [4.78, 5) is 12.9. The number of carbonyl (C=O) groups excluding carboxylic acids is 1. The Morgan fingerprint density at radius 2 is 1.33 bits per heavy atom. The standard InChI is InChI=1S/C16H17NO3.W/c1-12(18)20-16-10-6-14(7-11-16)17(2)13-4-8-15(19-3)9-5-13;/h4-11H,1-3H3;. The molecule has 0 aromatic heterocycles. The van der Waals surface area contributed by atoms with Crippen LogP contribution >= 0.6 is 0 Å². The Morgan fingerprint density at radius 1 is 0.905 bits per heavy atom. The van der Waals surface area contributed by atoms with Gasteiger partial charge in [-0.2, -0.15) is 0 Å². The van der Waals surface area contributed by atoms with Gasteiger partial charge in [0.25, 0.3) is 0 Å². The summed E-state index contributed by atoms with van der Waals surface area (Å²) in [5.41, 5.74) is 2.05. The molecule has 21 heavy (non-hydrogen) atoms. The molecule has 0 aliphatic rings. The fourth-order valence-corrected chi connectivity index (χ4v) is 1.86. The third-order valence-corrected chi connectivity index (χ3v) is 2.95. The molecule has 110 valence electrons. The van der Waals surface area contributed by atoms with E-state index < -0.39 is 0 Å². The minimum atomic E-state index is -0.318. The van der Waals surface area contributed by atoms with Gasteiger partial charge in [-0.15, -0.1) is 0 Å². The molecule has 4 nitrogen and oxygen atoms in total. The molecule has 0 aliphatic carbocycles. The summed E-state index contributed by atoms with van der Waals surface area (Å²) in [5.74, 6) is 1.05. The van der Waals surface area contributed by atoms with Crippen molar-refractivity contribution in [1.82, 2.24) is 0 Å². The van der Waals surface area contributed by atoms with Gasteiger partial charge in [0, 0.05) is 46.4 Å². The van der Waals surface area contributed by atoms with E-state index in [0.717, 1.165) is 17.1 Å². The molecule has 0 amide bonds. The van der Waals surface area contributed by atoms with Gasteiger partial charge in [0.15, 0.2) is 0 Å². The number of ether oxygens (including phenoxy) is 2. The van der Waals surface area contributed by atoms with Gasteiger partial charge < -0.3 is 14.4 Å². The van der Waals surface area contributed by atoms with Crippen molar-refractivity contribution >= 4 is 17.3 Å². The number of methoxy groups -OCH3 is 1. The second-order valence-electron chi connectivity index (χ2n) is 4.34. The summed E-state index contributed by atoms with van der Waals surface area (Å²) in [5, 5.41) is 0. The van der Waals surface area contributed by atoms with Crippen LogP contribution in [0, 0.1) is 0 Å². The maximum atomic E-state index is 10.9. The SMILES string of the molecule is COc1ccc(N(C)c2ccc(OC(C)=O)cc2)cc1.[W]. The van der Waals surface area contributed by atoms with Crippen molar-refractivity contribution in [3.8, 4) is 11.5 Å². The first-order chi connectivity index (χ1) is 9.60. The summed E-state index contributed by atoms with van der Waals surface area (Å²) < 4.78 is 10.2. The van der Waals surface area contributed by atoms with Crippen LogP contribution in [0.1, 0.15) is 6.92 Å². The zero-order chi connectivity index (χ0) is 14.5. The van der Waals surface area contributed by atoms with Crippen molar-refractivity contribution in [2.75, 3.05) is 19.1 Å². The van der Waals surface area contributed by atoms with Gasteiger partial charge >= 0.3 is 5.97 Å². The topological polar surface area (TPSA) is 38.8 Å². The zero-order valence-corrected chi connectivity index (χ0v) is 15.1. The summed E-state index contributed by atoms with van der Waals surface area (Å²) in [7, 11) is 3.62. The second-order valence-corrected chi connectivity index (χ2v) is 4.34. The molecule has 0 fully saturated rings. The molecule has 0 atom stereocenters. The average Bonchev–Trinajstić information content (AvgIpc) is 2.47. The van der Waals surface area contributed by atoms with Crippen molar-refractivity contribution in [1.29, 1.82) is 0 Å². The molecular weight excluding hydrogens is 438 g/mol. The van der Waals surface area contributed by atoms with Crippen LogP contribution in [-0.4, -0.2) is 20.1 Å². The fourth-order valence-electron chi connectivity index (χ4n) is 1.86. The maximum absolute atomic E-state index is 10.9. The van der Waals surface area contributed by atoms with E-state index in [4.69, 9.17) is 9.47 Å². The molecule has 0 unspecified atom stereocenters. The molecule has 2 aromatic rings. The van der Waals surface area contributed by atoms with Crippen LogP contribution in [0.5, 0.6) is 11.5 Å². The first-order valence-corrected chi connectivity index (χ1v) is 6.26. The Labute approximate surface area is 138 Å². The third kappa shape index (κ3) is 4.61. The number of anilines is 2. The molecule has 0 bridgehead atoms. The van der Waals surface area contributed by atoms with E-state index in [1.54, 1.807) is 19.2 Å². The van der Waals surface area contributed by atoms with Crippen LogP contribution in [0.4, 0.5) is 11.4 Å². The average molecular weight is 455 g/mol. The Kier molecular flexibility index (Phi) is 6.44. The molecule has 0 heterocycles. The van der Waals surface area contributed by atoms with Crippen LogP contribution in [0.2, 0.25) is 0 Å². The number of esters is 1. The number of benzene rings is 2. The summed E-state index contributed by atoms with van der Waals surface area (Å²) in [6, 6.07) is 15.2. The van der Waals surface area contributed by atoms with E-state index in [1.165, 1.54) is 6.92 Å². The quantitative estimate of drug-likeness (QED) is 0.524. The molecule has 0 aliphatic heterocycles. The minimum Gasteiger partial charge on any atom is -0.497 e. The summed E-state index contributed by atoms with van der Waals surface area (Å²) >= 11 is 0. The number of hydrogen-bond donors (Lipinski definition) is 0. The fraction of sp³-hybridized carbons (Fsp3) is 0.188. The Hall–Kier alpha value is -1.80. The van der Waals surface area contributed by atoms with Crippen molar-refractivity contribution in [2.45, 2.75) is 6.92 Å². The Balaban J connectivity index is 0.00000220. The zero-order valence-electron chi connectivity index (χ0n) is 12.2. The normalized spacial score (nSPS) is 9.48. The van der Waals surface area contributed by atoms with Crippen LogP contribution in [-0.2, 0) is 25.9 Å². The van der Waals surface area contributed by atoms with E-state index in [9.17, 15) is 4.79 Å². The van der Waals surface area contributed by atoms with Crippen molar-refractivity contribution < 1.29 is 35.3 Å². The predicted octanol–water partition coefficient (Wildman–Crippen LogP) is 3.39. The van der Waals surface area contributed by atoms with E-state index in [0.29, 0.717) is 5.75 Å². The second kappa shape index (κ2) is 7.84. The van der Waals surface area contributed by atoms with Crippen molar-refractivity contribution in [3.63, 3.8) is 0 Å². The van der Waals surface area contributed by atoms with Gasteiger partial charge in [0.1, 0.15) is 11.5 Å². The third-order valence-electron chi connectivity index (χ3n) is 2.95. The first kappa shape index (κ1) is 17.3. The van der Waals surface area contributed by atoms with E-state index in [2.05, 4.69) is 0 Å². The number of carbonyl (C=O) groups is 1. The number of nitrogens with zero attached hydrogens (tertiary/aromatic N) is 1. The predicted molar refractivity (Wildman–Crippen MR) is 78.8 cm³/mol. The Morgan fingerprint density at radius 3 is 1.71 bits per heavy atom. The molecule has 2 rings (SSSR count). The molecular formula is C16H17NO3W. The van der Waals surface area contributed by atoms with Gasteiger partial charge in [0.05, 0.1) is 7.11 Å². The van der Waals surface area contributed by atoms with E-state index in [-0.39, 0.29) is 27.0 Å². The van der Waals surface area contributed by atoms with Crippen LogP contribution < -0.4 is 14.4 Å². The van der Waals surface area contributed by atoms with Crippen molar-refractivity contribution in [3.05, 3.63) is 48.5 Å². The van der Waals surface area contributed by atoms with Crippen molar-refractivity contribution in [2.24, 2.45) is 0 Å². The van der Waals surface area contributed by atoms with Gasteiger partial charge in [-0.3, -0.25) is 4.79 Å². The minimum absolute atomic E-state index is 0. The largest absolute Gasteiger partial charge is 0.497 e. The van der Waals surface area contributed by atoms with Gasteiger partial charge in [0.2, 0.25) is 0 Å². The van der Waals surface area contributed by atoms with E-state index in [1.807, 2.05) is 48.3 Å². The van der Waals surface area contributed by atoms with Crippen LogP contribution in [0.15, 0.2) is 48.5 Å². The van der Waals surface area contributed by atoms with Gasteiger partial charge in [-0.25, -0.2) is 0 Å². The monoisotopic (exact) mass is 455 g/mol. The van der Waals surface area contributed by atoms with Gasteiger partial charge in [-0.05, 0) is 48.5 Å². The Bertz CT molecular complexity index is 581. The summed E-state index contributed by atoms with van der Waals surface area (Å²) in [6.07, 6.45) is 0. The number of rotatable bonds is 4. The van der Waals surface area contributed by atoms with E-state index >= 15 is 0 Å². The first-order valence-electron chi connectivity index (χ1n) is 6.26. The molecule has 0 radical (unpaired) electrons. The van der Waals surface area contributed by atoms with Crippen LogP contribution in [0.25, 0.3) is 0 Å². The number of hydrogen-bond acceptors (Lipinski definition) is 4. The molecule has 2 aromatic carbocycles. The molecule has 0 N–H and O–H groups in total. The molecule has 0 saturated carbocycles. The van der Waals surface area contributed by atoms with Crippen LogP contribution in [0.3, 0.4) is 0 Å².